The second kappa shape index (κ2) is 4.30. The van der Waals surface area contributed by atoms with Gasteiger partial charge in [0.2, 0.25) is 5.43 Å². The van der Waals surface area contributed by atoms with Gasteiger partial charge in [-0.05, 0) is 0 Å². The molecule has 0 atom stereocenters. The molecule has 0 spiro atoms. The van der Waals surface area contributed by atoms with Crippen molar-refractivity contribution >= 4 is 5.97 Å². The van der Waals surface area contributed by atoms with Gasteiger partial charge in [0.15, 0.2) is 5.75 Å². The number of aromatic nitrogens is 1. The number of ether oxygens (including phenoxy) is 1. The van der Waals surface area contributed by atoms with E-state index in [1.807, 2.05) is 0 Å². The summed E-state index contributed by atoms with van der Waals surface area (Å²) in [7, 11) is 0. The number of rotatable bonds is 4. The number of H-pyrrole nitrogens is 1. The fraction of sp³-hybridized carbons (Fsp3) is 0.250. The monoisotopic (exact) mass is 183 g/mol. The van der Waals surface area contributed by atoms with Crippen LogP contribution in [-0.4, -0.2) is 22.7 Å². The highest BCUT2D eigenvalue weighted by Gasteiger charge is 2.00. The Kier molecular flexibility index (Phi) is 3.08. The number of hydrogen-bond donors (Lipinski definition) is 2. The summed E-state index contributed by atoms with van der Waals surface area (Å²) in [6.07, 6.45) is 2.75. The number of aliphatic carboxylic acids is 1. The van der Waals surface area contributed by atoms with Gasteiger partial charge in [-0.1, -0.05) is 0 Å². The third kappa shape index (κ3) is 2.98. The number of carboxylic acids is 1. The van der Waals surface area contributed by atoms with E-state index in [0.29, 0.717) is 0 Å². The van der Waals surface area contributed by atoms with Crippen LogP contribution in [0, 0.1) is 0 Å². The first-order valence-corrected chi connectivity index (χ1v) is 3.72. The van der Waals surface area contributed by atoms with Crippen molar-refractivity contribution in [3.63, 3.8) is 0 Å². The average Bonchev–Trinajstić information content (AvgIpc) is 2.08. The lowest BCUT2D eigenvalue weighted by Gasteiger charge is -2.01. The zero-order valence-corrected chi connectivity index (χ0v) is 6.82. The third-order valence-electron chi connectivity index (χ3n) is 1.36. The zero-order chi connectivity index (χ0) is 9.68. The average molecular weight is 183 g/mol. The van der Waals surface area contributed by atoms with E-state index in [1.54, 1.807) is 0 Å². The number of nitrogens with one attached hydrogen (secondary N) is 1. The van der Waals surface area contributed by atoms with Gasteiger partial charge in [-0.15, -0.1) is 0 Å². The minimum absolute atomic E-state index is 0.00241. The predicted octanol–water partition coefficient (Wildman–Crippen LogP) is 0.228. The highest BCUT2D eigenvalue weighted by atomic mass is 16.5. The Bertz CT molecular complexity index is 344. The number of hydrogen-bond acceptors (Lipinski definition) is 3. The van der Waals surface area contributed by atoms with E-state index in [2.05, 4.69) is 4.98 Å². The summed E-state index contributed by atoms with van der Waals surface area (Å²) in [6.45, 7) is 0.00241. The van der Waals surface area contributed by atoms with Crippen molar-refractivity contribution in [2.24, 2.45) is 0 Å². The third-order valence-corrected chi connectivity index (χ3v) is 1.36. The molecule has 0 aromatic carbocycles. The molecule has 0 fully saturated rings. The molecule has 0 amide bonds. The molecule has 0 aliphatic rings. The highest BCUT2D eigenvalue weighted by Crippen LogP contribution is 1.98. The maximum atomic E-state index is 11.0. The van der Waals surface area contributed by atoms with Gasteiger partial charge in [0.25, 0.3) is 0 Å². The molecule has 0 saturated carbocycles. The van der Waals surface area contributed by atoms with E-state index in [-0.39, 0.29) is 24.2 Å². The van der Waals surface area contributed by atoms with Crippen molar-refractivity contribution in [2.75, 3.05) is 6.61 Å². The topological polar surface area (TPSA) is 79.4 Å². The first-order valence-electron chi connectivity index (χ1n) is 3.72. The summed E-state index contributed by atoms with van der Waals surface area (Å²) in [5, 5.41) is 8.29. The lowest BCUT2D eigenvalue weighted by Crippen LogP contribution is -2.10. The molecule has 1 rings (SSSR count). The van der Waals surface area contributed by atoms with Gasteiger partial charge >= 0.3 is 5.97 Å². The minimum Gasteiger partial charge on any atom is -0.487 e. The van der Waals surface area contributed by atoms with Gasteiger partial charge in [0, 0.05) is 18.5 Å². The maximum Gasteiger partial charge on any atom is 0.306 e. The molecule has 13 heavy (non-hydrogen) atoms. The minimum atomic E-state index is -0.952. The summed E-state index contributed by atoms with van der Waals surface area (Å²) in [6, 6.07) is 1.32. The standard InChI is InChI=1S/C8H9NO4/c10-6-1-3-9-5-7(6)13-4-2-8(11)12/h1,3,5H,2,4H2,(H,9,10)(H,11,12). The van der Waals surface area contributed by atoms with E-state index < -0.39 is 5.97 Å². The number of carboxylic acid groups (broad SMARTS) is 1. The van der Waals surface area contributed by atoms with Crippen LogP contribution < -0.4 is 10.2 Å². The Morgan fingerprint density at radius 1 is 1.62 bits per heavy atom. The largest absolute Gasteiger partial charge is 0.487 e. The molecule has 1 heterocycles. The fourth-order valence-corrected chi connectivity index (χ4v) is 0.762. The molecule has 2 N–H and O–H groups in total. The molecule has 0 aliphatic heterocycles. The van der Waals surface area contributed by atoms with Gasteiger partial charge in [-0.3, -0.25) is 9.59 Å². The second-order valence-corrected chi connectivity index (χ2v) is 2.37. The van der Waals surface area contributed by atoms with Crippen LogP contribution in [0.5, 0.6) is 5.75 Å². The summed E-state index contributed by atoms with van der Waals surface area (Å²) < 4.78 is 4.92. The number of pyridine rings is 1. The van der Waals surface area contributed by atoms with Gasteiger partial charge < -0.3 is 14.8 Å². The summed E-state index contributed by atoms with van der Waals surface area (Å²) in [5.41, 5.74) is -0.260. The van der Waals surface area contributed by atoms with Crippen molar-refractivity contribution in [3.05, 3.63) is 28.7 Å². The van der Waals surface area contributed by atoms with Crippen LogP contribution in [0.4, 0.5) is 0 Å². The van der Waals surface area contributed by atoms with E-state index in [4.69, 9.17) is 9.84 Å². The van der Waals surface area contributed by atoms with Crippen molar-refractivity contribution in [3.8, 4) is 5.75 Å². The smallest absolute Gasteiger partial charge is 0.306 e. The molecule has 0 radical (unpaired) electrons. The lowest BCUT2D eigenvalue weighted by molar-refractivity contribution is -0.137. The highest BCUT2D eigenvalue weighted by molar-refractivity contribution is 5.66. The van der Waals surface area contributed by atoms with Crippen LogP contribution >= 0.6 is 0 Å². The molecule has 0 saturated heterocycles. The Balaban J connectivity index is 2.50. The molecule has 1 aromatic rings. The van der Waals surface area contributed by atoms with Gasteiger partial charge in [0.05, 0.1) is 13.0 Å². The Morgan fingerprint density at radius 3 is 3.00 bits per heavy atom. The first-order chi connectivity index (χ1) is 6.20. The zero-order valence-electron chi connectivity index (χ0n) is 6.82. The summed E-state index contributed by atoms with van der Waals surface area (Å²) in [5.74, 6) is -0.809. The van der Waals surface area contributed by atoms with Gasteiger partial charge in [-0.25, -0.2) is 0 Å². The Morgan fingerprint density at radius 2 is 2.38 bits per heavy atom. The van der Waals surface area contributed by atoms with E-state index in [0.717, 1.165) is 0 Å². The van der Waals surface area contributed by atoms with E-state index >= 15 is 0 Å². The van der Waals surface area contributed by atoms with Crippen molar-refractivity contribution in [2.45, 2.75) is 6.42 Å². The van der Waals surface area contributed by atoms with Crippen LogP contribution in [0.25, 0.3) is 0 Å². The quantitative estimate of drug-likeness (QED) is 0.700. The van der Waals surface area contributed by atoms with E-state index in [1.165, 1.54) is 18.5 Å². The van der Waals surface area contributed by atoms with Crippen molar-refractivity contribution < 1.29 is 14.6 Å². The molecule has 0 aliphatic carbocycles. The molecule has 70 valence electrons. The van der Waals surface area contributed by atoms with Gasteiger partial charge in [-0.2, -0.15) is 0 Å². The molecule has 0 unspecified atom stereocenters. The Labute approximate surface area is 74.0 Å². The maximum absolute atomic E-state index is 11.0. The van der Waals surface area contributed by atoms with Crippen LogP contribution in [0.2, 0.25) is 0 Å². The molecule has 0 bridgehead atoms. The predicted molar refractivity (Wildman–Crippen MR) is 44.8 cm³/mol. The van der Waals surface area contributed by atoms with Crippen molar-refractivity contribution in [1.82, 2.24) is 4.98 Å². The molecular weight excluding hydrogens is 174 g/mol. The van der Waals surface area contributed by atoms with Crippen molar-refractivity contribution in [1.29, 1.82) is 0 Å². The molecule has 5 heteroatoms. The number of aromatic amines is 1. The first kappa shape index (κ1) is 9.31. The van der Waals surface area contributed by atoms with E-state index in [9.17, 15) is 9.59 Å². The molecule has 1 aromatic heterocycles. The SMILES string of the molecule is O=C(O)CCOc1c[nH]ccc1=O. The van der Waals surface area contributed by atoms with Crippen LogP contribution in [0.3, 0.4) is 0 Å². The molecular formula is C8H9NO4. The van der Waals surface area contributed by atoms with Crippen LogP contribution in [-0.2, 0) is 4.79 Å². The fourth-order valence-electron chi connectivity index (χ4n) is 0.762. The summed E-state index contributed by atoms with van der Waals surface area (Å²) in [4.78, 5) is 23.8. The Hall–Kier alpha value is -1.78. The normalized spacial score (nSPS) is 9.54. The summed E-state index contributed by atoms with van der Waals surface area (Å²) >= 11 is 0. The van der Waals surface area contributed by atoms with Crippen LogP contribution in [0.15, 0.2) is 23.3 Å². The van der Waals surface area contributed by atoms with Crippen LogP contribution in [0.1, 0.15) is 6.42 Å². The molecule has 5 nitrogen and oxygen atoms in total. The van der Waals surface area contributed by atoms with Gasteiger partial charge in [0.1, 0.15) is 0 Å². The second-order valence-electron chi connectivity index (χ2n) is 2.37. The lowest BCUT2D eigenvalue weighted by atomic mass is 10.4. The number of carbonyl (C=O) groups is 1.